The van der Waals surface area contributed by atoms with E-state index in [2.05, 4.69) is 38.1 Å². The van der Waals surface area contributed by atoms with Gasteiger partial charge in [-0.1, -0.05) is 194 Å². The highest BCUT2D eigenvalue weighted by Gasteiger charge is 2.26. The Bertz CT molecular complexity index is 2610. The molecule has 0 unspecified atom stereocenters. The molecule has 0 amide bonds. The van der Waals surface area contributed by atoms with Crippen molar-refractivity contribution in [3.8, 4) is 19.5 Å². The van der Waals surface area contributed by atoms with Gasteiger partial charge in [0.2, 0.25) is 0 Å². The van der Waals surface area contributed by atoms with E-state index >= 15 is 0 Å². The molecule has 436 valence electrons. The Morgan fingerprint density at radius 3 is 1.09 bits per heavy atom. The summed E-state index contributed by atoms with van der Waals surface area (Å²) in [6, 6.07) is 8.87. The number of hydrogen-bond donors (Lipinski definition) is 0. The lowest BCUT2D eigenvalue weighted by Crippen LogP contribution is -1.92. The summed E-state index contributed by atoms with van der Waals surface area (Å²) < 4.78 is 54.1. The zero-order chi connectivity index (χ0) is 55.5. The van der Waals surface area contributed by atoms with E-state index < -0.39 is 7.60 Å². The fourth-order valence-corrected chi connectivity index (χ4v) is 20.2. The Morgan fingerprint density at radius 1 is 0.410 bits per heavy atom. The van der Waals surface area contributed by atoms with Crippen LogP contribution in [0.1, 0.15) is 255 Å². The number of hydrogen-bond acceptors (Lipinski definition) is 12. The monoisotopic (exact) mass is 1220 g/mol. The number of fused-ring (bicyclic) bond motifs is 5. The highest BCUT2D eigenvalue weighted by atomic mass is 32.1. The Morgan fingerprint density at radius 2 is 0.756 bits per heavy atom. The average molecular weight is 1220 g/mol. The van der Waals surface area contributed by atoms with E-state index in [4.69, 9.17) is 18.3 Å². The van der Waals surface area contributed by atoms with E-state index in [0.717, 1.165) is 35.8 Å². The quantitative estimate of drug-likeness (QED) is 0.0216. The van der Waals surface area contributed by atoms with Crippen LogP contribution in [0.4, 0.5) is 0 Å². The summed E-state index contributed by atoms with van der Waals surface area (Å²) in [5.74, 6) is 1.64. The molecule has 0 saturated heterocycles. The van der Waals surface area contributed by atoms with Gasteiger partial charge in [-0.3, -0.25) is 4.57 Å². The molecule has 6 rings (SSSR count). The van der Waals surface area contributed by atoms with E-state index in [9.17, 15) is 9.13 Å². The van der Waals surface area contributed by atoms with Crippen LogP contribution in [-0.2, 0) is 40.3 Å². The molecular weight excluding hydrogens is 1120 g/mol. The molecular formula is C64H98O6P2S6. The largest absolute Gasteiger partial charge is 0.416 e. The van der Waals surface area contributed by atoms with Crippen molar-refractivity contribution in [1.29, 1.82) is 0 Å². The van der Waals surface area contributed by atoms with E-state index in [1.54, 1.807) is 28.5 Å². The topological polar surface area (TPSA) is 71.1 Å². The van der Waals surface area contributed by atoms with Gasteiger partial charge >= 0.3 is 16.3 Å². The maximum Gasteiger partial charge on any atom is 0.395 e. The first-order chi connectivity index (χ1) is 38.3. The van der Waals surface area contributed by atoms with Gasteiger partial charge in [-0.25, -0.2) is 4.57 Å². The first-order valence-electron chi connectivity index (χ1n) is 30.8. The molecule has 0 saturated carbocycles. The standard InChI is InChI=1S/C60H88O5P2S6.C4H10O/c1-5-9-11-13-15-17-19-21-23-25-27-29-31-33-35-37-49-53(51-41-39-47(68-51)43-45-63-66-61)70-57-55(49)72-60-58-56(73-59(57)60)50(38-36-34-32-30-28-26-24-22-20-18-16-14-12-10-6-2)54(71-58)52-42-40-48(69-52)44-46-67(62,64-7-3)65-8-4;1-3-5-4-2/h39-46H,5-38H2,1-4H3;3-4H2,1-2H3/b45-43+,46-44+;. The third kappa shape index (κ3) is 23.3. The van der Waals surface area contributed by atoms with Crippen LogP contribution >= 0.6 is 84.3 Å². The summed E-state index contributed by atoms with van der Waals surface area (Å²) in [4.78, 5) is 7.60. The second-order valence-electron chi connectivity index (χ2n) is 20.8. The molecule has 6 nitrogen and oxygen atoms in total. The number of thiophene rings is 6. The van der Waals surface area contributed by atoms with E-state index in [-0.39, 0.29) is 8.69 Å². The molecule has 0 aliphatic heterocycles. The average Bonchev–Trinajstić information content (AvgIpc) is 4.42. The number of rotatable bonds is 45. The van der Waals surface area contributed by atoms with Gasteiger partial charge in [-0.15, -0.1) is 68.0 Å². The van der Waals surface area contributed by atoms with Crippen molar-refractivity contribution < 1.29 is 27.4 Å². The second-order valence-corrected chi connectivity index (χ2v) is 29.3. The van der Waals surface area contributed by atoms with Crippen LogP contribution in [0.5, 0.6) is 0 Å². The van der Waals surface area contributed by atoms with Crippen LogP contribution in [-0.4, -0.2) is 26.4 Å². The molecule has 6 aromatic rings. The number of unbranched alkanes of at least 4 members (excludes halogenated alkanes) is 28. The van der Waals surface area contributed by atoms with E-state index in [1.807, 2.05) is 85.2 Å². The third-order valence-corrected chi connectivity index (χ3v) is 24.6. The van der Waals surface area contributed by atoms with Crippen LogP contribution in [0.25, 0.3) is 59.9 Å². The zero-order valence-electron chi connectivity index (χ0n) is 48.9. The zero-order valence-corrected chi connectivity index (χ0v) is 55.6. The Hall–Kier alpha value is -1.53. The minimum absolute atomic E-state index is 0.330. The van der Waals surface area contributed by atoms with E-state index in [1.165, 1.54) is 258 Å². The predicted octanol–water partition coefficient (Wildman–Crippen LogP) is 26.2. The van der Waals surface area contributed by atoms with Gasteiger partial charge in [0.1, 0.15) is 0 Å². The van der Waals surface area contributed by atoms with Crippen LogP contribution in [0.3, 0.4) is 0 Å². The van der Waals surface area contributed by atoms with Crippen molar-refractivity contribution in [2.75, 3.05) is 26.4 Å². The second kappa shape index (κ2) is 40.7. The lowest BCUT2D eigenvalue weighted by Gasteiger charge is -2.12. The fraction of sp³-hybridized carbons (Fsp3) is 0.656. The van der Waals surface area contributed by atoms with E-state index in [0.29, 0.717) is 13.2 Å². The number of aryl methyl sites for hydroxylation is 2. The molecule has 0 radical (unpaired) electrons. The Labute approximate surface area is 498 Å². The molecule has 6 aromatic heterocycles. The Balaban J connectivity index is 0.00000214. The lowest BCUT2D eigenvalue weighted by atomic mass is 10.0. The van der Waals surface area contributed by atoms with Gasteiger partial charge in [-0.05, 0) is 101 Å². The minimum Gasteiger partial charge on any atom is -0.416 e. The molecule has 0 bridgehead atoms. The first-order valence-corrected chi connectivity index (χ1v) is 38.0. The van der Waals surface area contributed by atoms with Gasteiger partial charge in [0.25, 0.3) is 0 Å². The molecule has 0 aromatic carbocycles. The van der Waals surface area contributed by atoms with Crippen molar-refractivity contribution in [3.05, 3.63) is 57.2 Å². The van der Waals surface area contributed by atoms with Crippen molar-refractivity contribution >= 4 is 125 Å². The summed E-state index contributed by atoms with van der Waals surface area (Å²) in [6.07, 6.45) is 48.8. The molecule has 0 N–H and O–H groups in total. The molecule has 14 heteroatoms. The van der Waals surface area contributed by atoms with Crippen LogP contribution in [0, 0.1) is 0 Å². The summed E-state index contributed by atoms with van der Waals surface area (Å²) in [5.41, 5.74) is 3.05. The molecule has 6 heterocycles. The molecule has 0 spiro atoms. The van der Waals surface area contributed by atoms with Crippen molar-refractivity contribution in [2.24, 2.45) is 0 Å². The minimum atomic E-state index is -3.29. The third-order valence-electron chi connectivity index (χ3n) is 14.5. The summed E-state index contributed by atoms with van der Waals surface area (Å²) >= 11 is 11.7. The Kier molecular flexibility index (Phi) is 35.1. The van der Waals surface area contributed by atoms with Crippen LogP contribution in [0.15, 0.2) is 36.3 Å². The summed E-state index contributed by atoms with van der Waals surface area (Å²) in [6.45, 7) is 14.7. The van der Waals surface area contributed by atoms with Crippen LogP contribution in [0.2, 0.25) is 0 Å². The fourth-order valence-electron chi connectivity index (χ4n) is 10.3. The predicted molar refractivity (Wildman–Crippen MR) is 354 cm³/mol. The van der Waals surface area contributed by atoms with Crippen molar-refractivity contribution in [2.45, 2.75) is 247 Å². The normalized spacial score (nSPS) is 12.3. The van der Waals surface area contributed by atoms with Gasteiger partial charge < -0.3 is 18.3 Å². The van der Waals surface area contributed by atoms with Gasteiger partial charge in [-0.2, -0.15) is 0 Å². The van der Waals surface area contributed by atoms with Crippen molar-refractivity contribution in [3.63, 3.8) is 0 Å². The summed E-state index contributed by atoms with van der Waals surface area (Å²) in [7, 11) is -3.62. The molecule has 0 aliphatic rings. The molecule has 0 atom stereocenters. The highest BCUT2D eigenvalue weighted by Crippen LogP contribution is 2.57. The molecule has 0 aliphatic carbocycles. The summed E-state index contributed by atoms with van der Waals surface area (Å²) in [5, 5.41) is 0. The number of ether oxygens (including phenoxy) is 1. The van der Waals surface area contributed by atoms with Gasteiger partial charge in [0.15, 0.2) is 0 Å². The first kappa shape index (κ1) is 67.3. The molecule has 0 fully saturated rings. The lowest BCUT2D eigenvalue weighted by molar-refractivity contribution is 0.162. The van der Waals surface area contributed by atoms with Gasteiger partial charge in [0.05, 0.1) is 47.7 Å². The van der Waals surface area contributed by atoms with Gasteiger partial charge in [0, 0.05) is 48.3 Å². The maximum absolute atomic E-state index is 13.3. The van der Waals surface area contributed by atoms with Crippen molar-refractivity contribution in [1.82, 2.24) is 0 Å². The maximum atomic E-state index is 13.3. The highest BCUT2D eigenvalue weighted by molar-refractivity contribution is 7.57. The SMILES string of the molecule is CCCCCCCCCCCCCCCCCc1c(-c2ccc(/C=C/OP=O)s2)sc2c1sc1c3sc(-c4ccc(/C=C/P(=O)(OCC)OCC)s4)c(CCCCCCCCCCCCCCCCC)c3sc21.CCOCC. The van der Waals surface area contributed by atoms with Crippen LogP contribution < -0.4 is 0 Å². The molecule has 78 heavy (non-hydrogen) atoms. The smallest absolute Gasteiger partial charge is 0.395 e.